The fourth-order valence-electron chi connectivity index (χ4n) is 3.51. The van der Waals surface area contributed by atoms with Crippen LogP contribution >= 0.6 is 0 Å². The van der Waals surface area contributed by atoms with E-state index in [4.69, 9.17) is 9.47 Å². The molecule has 0 spiro atoms. The Balaban J connectivity index is 1.28. The molecule has 0 radical (unpaired) electrons. The van der Waals surface area contributed by atoms with Crippen molar-refractivity contribution in [3.05, 3.63) is 30.3 Å². The minimum absolute atomic E-state index is 0.312. The average molecular weight is 361 g/mol. The van der Waals surface area contributed by atoms with Gasteiger partial charge in [0.1, 0.15) is 0 Å². The SMILES string of the molecule is CN=C(NCCCOCC1CCCO1)NC1CCN(c2ccccc2)C1. The van der Waals surface area contributed by atoms with Gasteiger partial charge in [-0.15, -0.1) is 0 Å². The van der Waals surface area contributed by atoms with Crippen LogP contribution in [0.4, 0.5) is 5.69 Å². The number of anilines is 1. The molecule has 1 aromatic rings. The molecule has 144 valence electrons. The molecule has 2 heterocycles. The van der Waals surface area contributed by atoms with E-state index in [9.17, 15) is 0 Å². The molecule has 0 aliphatic carbocycles. The lowest BCUT2D eigenvalue weighted by Crippen LogP contribution is -2.45. The summed E-state index contributed by atoms with van der Waals surface area (Å²) in [4.78, 5) is 6.77. The van der Waals surface area contributed by atoms with E-state index in [0.29, 0.717) is 12.1 Å². The Bertz CT molecular complexity index is 546. The van der Waals surface area contributed by atoms with Crippen molar-refractivity contribution in [2.75, 3.05) is 51.4 Å². The van der Waals surface area contributed by atoms with E-state index in [2.05, 4.69) is 50.9 Å². The lowest BCUT2D eigenvalue weighted by atomic mass is 10.2. The van der Waals surface area contributed by atoms with Crippen LogP contribution < -0.4 is 15.5 Å². The molecule has 2 aliphatic rings. The summed E-state index contributed by atoms with van der Waals surface area (Å²) in [6.07, 6.45) is 4.71. The van der Waals surface area contributed by atoms with Crippen molar-refractivity contribution in [1.29, 1.82) is 0 Å². The van der Waals surface area contributed by atoms with E-state index in [0.717, 1.165) is 64.7 Å². The fraction of sp³-hybridized carbons (Fsp3) is 0.650. The molecule has 0 saturated carbocycles. The Morgan fingerprint density at radius 2 is 2.19 bits per heavy atom. The molecule has 0 amide bonds. The highest BCUT2D eigenvalue weighted by molar-refractivity contribution is 5.80. The third-order valence-corrected chi connectivity index (χ3v) is 4.96. The molecular formula is C20H32N4O2. The zero-order valence-corrected chi connectivity index (χ0v) is 15.8. The third kappa shape index (κ3) is 5.88. The maximum absolute atomic E-state index is 5.70. The number of hydrogen-bond donors (Lipinski definition) is 2. The average Bonchev–Trinajstić information content (AvgIpc) is 3.36. The lowest BCUT2D eigenvalue weighted by Gasteiger charge is -2.20. The monoisotopic (exact) mass is 360 g/mol. The predicted molar refractivity (Wildman–Crippen MR) is 106 cm³/mol. The van der Waals surface area contributed by atoms with Crippen LogP contribution in [-0.2, 0) is 9.47 Å². The van der Waals surface area contributed by atoms with Crippen molar-refractivity contribution in [3.63, 3.8) is 0 Å². The first-order valence-electron chi connectivity index (χ1n) is 9.81. The van der Waals surface area contributed by atoms with Crippen molar-refractivity contribution < 1.29 is 9.47 Å². The summed E-state index contributed by atoms with van der Waals surface area (Å²) in [5.41, 5.74) is 1.29. The largest absolute Gasteiger partial charge is 0.379 e. The second kappa shape index (κ2) is 10.4. The zero-order valence-electron chi connectivity index (χ0n) is 15.8. The topological polar surface area (TPSA) is 58.1 Å². The fourth-order valence-corrected chi connectivity index (χ4v) is 3.51. The number of nitrogens with one attached hydrogen (secondary N) is 2. The number of hydrogen-bond acceptors (Lipinski definition) is 4. The predicted octanol–water partition coefficient (Wildman–Crippen LogP) is 2.02. The summed E-state index contributed by atoms with van der Waals surface area (Å²) in [5, 5.41) is 6.93. The molecule has 0 aromatic heterocycles. The highest BCUT2D eigenvalue weighted by Gasteiger charge is 2.23. The van der Waals surface area contributed by atoms with Crippen LogP contribution in [0.1, 0.15) is 25.7 Å². The summed E-state index contributed by atoms with van der Waals surface area (Å²) in [6, 6.07) is 11.0. The maximum atomic E-state index is 5.70. The number of nitrogens with zero attached hydrogens (tertiary/aromatic N) is 2. The van der Waals surface area contributed by atoms with Crippen LogP contribution in [-0.4, -0.2) is 64.6 Å². The molecule has 26 heavy (non-hydrogen) atoms. The molecule has 2 unspecified atom stereocenters. The van der Waals surface area contributed by atoms with Gasteiger partial charge in [0.05, 0.1) is 12.7 Å². The molecule has 6 nitrogen and oxygen atoms in total. The minimum atomic E-state index is 0.312. The van der Waals surface area contributed by atoms with E-state index in [1.54, 1.807) is 0 Å². The first-order chi connectivity index (χ1) is 12.8. The number of para-hydroxylation sites is 1. The molecule has 2 N–H and O–H groups in total. The van der Waals surface area contributed by atoms with Gasteiger partial charge in [0.15, 0.2) is 5.96 Å². The quantitative estimate of drug-likeness (QED) is 0.422. The van der Waals surface area contributed by atoms with Crippen LogP contribution in [0.3, 0.4) is 0 Å². The van der Waals surface area contributed by atoms with Crippen molar-refractivity contribution in [3.8, 4) is 0 Å². The Hall–Kier alpha value is -1.79. The maximum Gasteiger partial charge on any atom is 0.191 e. The highest BCUT2D eigenvalue weighted by Crippen LogP contribution is 2.19. The van der Waals surface area contributed by atoms with Crippen LogP contribution in [0.5, 0.6) is 0 Å². The van der Waals surface area contributed by atoms with Crippen molar-refractivity contribution >= 4 is 11.6 Å². The van der Waals surface area contributed by atoms with Gasteiger partial charge < -0.3 is 25.0 Å². The van der Waals surface area contributed by atoms with Gasteiger partial charge >= 0.3 is 0 Å². The van der Waals surface area contributed by atoms with E-state index in [1.807, 2.05) is 7.05 Å². The normalized spacial score (nSPS) is 23.4. The van der Waals surface area contributed by atoms with Gasteiger partial charge in [-0.05, 0) is 37.8 Å². The van der Waals surface area contributed by atoms with Gasteiger partial charge in [-0.3, -0.25) is 4.99 Å². The molecule has 2 aliphatic heterocycles. The number of benzene rings is 1. The molecule has 6 heteroatoms. The number of ether oxygens (including phenoxy) is 2. The van der Waals surface area contributed by atoms with Gasteiger partial charge in [0.25, 0.3) is 0 Å². The summed E-state index contributed by atoms with van der Waals surface area (Å²) >= 11 is 0. The first kappa shape index (κ1) is 19.0. The highest BCUT2D eigenvalue weighted by atomic mass is 16.5. The summed E-state index contributed by atoms with van der Waals surface area (Å²) < 4.78 is 11.3. The summed E-state index contributed by atoms with van der Waals surface area (Å²) in [7, 11) is 1.83. The smallest absolute Gasteiger partial charge is 0.191 e. The Morgan fingerprint density at radius 1 is 1.31 bits per heavy atom. The van der Waals surface area contributed by atoms with Crippen molar-refractivity contribution in [1.82, 2.24) is 10.6 Å². The van der Waals surface area contributed by atoms with Gasteiger partial charge in [-0.1, -0.05) is 18.2 Å². The molecule has 2 saturated heterocycles. The van der Waals surface area contributed by atoms with E-state index in [1.165, 1.54) is 12.1 Å². The van der Waals surface area contributed by atoms with Gasteiger partial charge in [0, 0.05) is 51.6 Å². The van der Waals surface area contributed by atoms with Crippen LogP contribution in [0.2, 0.25) is 0 Å². The Kier molecular flexibility index (Phi) is 7.58. The Labute approximate surface area is 157 Å². The molecule has 0 bridgehead atoms. The van der Waals surface area contributed by atoms with E-state index >= 15 is 0 Å². The van der Waals surface area contributed by atoms with Crippen LogP contribution in [0, 0.1) is 0 Å². The second-order valence-electron chi connectivity index (χ2n) is 6.97. The molecule has 1 aromatic carbocycles. The summed E-state index contributed by atoms with van der Waals surface area (Å²) in [5.74, 6) is 0.879. The van der Waals surface area contributed by atoms with Crippen molar-refractivity contribution in [2.24, 2.45) is 4.99 Å². The van der Waals surface area contributed by atoms with E-state index < -0.39 is 0 Å². The Morgan fingerprint density at radius 3 is 2.96 bits per heavy atom. The molecule has 2 fully saturated rings. The molecular weight excluding hydrogens is 328 g/mol. The lowest BCUT2D eigenvalue weighted by molar-refractivity contribution is 0.0168. The first-order valence-corrected chi connectivity index (χ1v) is 9.81. The van der Waals surface area contributed by atoms with Crippen LogP contribution in [0.25, 0.3) is 0 Å². The zero-order chi connectivity index (χ0) is 18.0. The number of rotatable bonds is 8. The van der Waals surface area contributed by atoms with Gasteiger partial charge in [-0.2, -0.15) is 0 Å². The van der Waals surface area contributed by atoms with Gasteiger partial charge in [0.2, 0.25) is 0 Å². The minimum Gasteiger partial charge on any atom is -0.379 e. The molecule has 3 rings (SSSR count). The third-order valence-electron chi connectivity index (χ3n) is 4.96. The van der Waals surface area contributed by atoms with E-state index in [-0.39, 0.29) is 0 Å². The summed E-state index contributed by atoms with van der Waals surface area (Å²) in [6.45, 7) is 5.32. The number of guanidine groups is 1. The number of aliphatic imine (C=N–C) groups is 1. The molecule has 2 atom stereocenters. The second-order valence-corrected chi connectivity index (χ2v) is 6.97. The standard InChI is InChI=1S/C20H32N4O2/c1-21-20(22-11-6-13-25-16-19-9-5-14-26-19)23-17-10-12-24(15-17)18-7-3-2-4-8-18/h2-4,7-8,17,19H,5-6,9-16H2,1H3,(H2,21,22,23). The van der Waals surface area contributed by atoms with Crippen molar-refractivity contribution in [2.45, 2.75) is 37.8 Å². The van der Waals surface area contributed by atoms with Crippen LogP contribution in [0.15, 0.2) is 35.3 Å². The van der Waals surface area contributed by atoms with Gasteiger partial charge in [-0.25, -0.2) is 0 Å².